The second-order valence-electron chi connectivity index (χ2n) is 4.58. The Hall–Kier alpha value is -1.46. The summed E-state index contributed by atoms with van der Waals surface area (Å²) >= 11 is 0. The molecule has 0 unspecified atom stereocenters. The SMILES string of the molecule is CC(C)CNS(=O)(=O)c1cccc2cccnc12. The lowest BCUT2D eigenvalue weighted by atomic mass is 10.2. The summed E-state index contributed by atoms with van der Waals surface area (Å²) in [5, 5.41) is 0.824. The van der Waals surface area contributed by atoms with Gasteiger partial charge in [0.2, 0.25) is 10.0 Å². The van der Waals surface area contributed by atoms with Crippen molar-refractivity contribution in [3.8, 4) is 0 Å². The van der Waals surface area contributed by atoms with Crippen LogP contribution in [0.5, 0.6) is 0 Å². The first-order valence-electron chi connectivity index (χ1n) is 5.84. The molecule has 1 N–H and O–H groups in total. The summed E-state index contributed by atoms with van der Waals surface area (Å²) in [7, 11) is -3.49. The number of para-hydroxylation sites is 1. The lowest BCUT2D eigenvalue weighted by molar-refractivity contribution is 0.561. The minimum Gasteiger partial charge on any atom is -0.255 e. The van der Waals surface area contributed by atoms with Crippen LogP contribution in [-0.2, 0) is 10.0 Å². The molecule has 0 fully saturated rings. The summed E-state index contributed by atoms with van der Waals surface area (Å²) in [5.74, 6) is 0.266. The Bertz CT molecular complexity index is 646. The molecule has 0 radical (unpaired) electrons. The average molecular weight is 264 g/mol. The summed E-state index contributed by atoms with van der Waals surface area (Å²) in [5.41, 5.74) is 0.510. The van der Waals surface area contributed by atoms with Crippen LogP contribution in [0.25, 0.3) is 10.9 Å². The molecule has 18 heavy (non-hydrogen) atoms. The van der Waals surface area contributed by atoms with E-state index in [1.54, 1.807) is 24.4 Å². The smallest absolute Gasteiger partial charge is 0.242 e. The van der Waals surface area contributed by atoms with Crippen LogP contribution in [0.4, 0.5) is 0 Å². The second kappa shape index (κ2) is 5.04. The summed E-state index contributed by atoms with van der Waals surface area (Å²) in [6, 6.07) is 8.81. The molecular formula is C13H16N2O2S. The Morgan fingerprint density at radius 3 is 2.67 bits per heavy atom. The van der Waals surface area contributed by atoms with Gasteiger partial charge in [0.05, 0.1) is 5.52 Å². The van der Waals surface area contributed by atoms with E-state index in [0.29, 0.717) is 12.1 Å². The molecular weight excluding hydrogens is 248 g/mol. The summed E-state index contributed by atoms with van der Waals surface area (Å²) in [6.45, 7) is 4.35. The van der Waals surface area contributed by atoms with Crippen molar-refractivity contribution in [1.82, 2.24) is 9.71 Å². The van der Waals surface area contributed by atoms with Gasteiger partial charge in [0.25, 0.3) is 0 Å². The molecule has 96 valence electrons. The van der Waals surface area contributed by atoms with Crippen molar-refractivity contribution in [1.29, 1.82) is 0 Å². The number of sulfonamides is 1. The molecule has 0 bridgehead atoms. The van der Waals surface area contributed by atoms with E-state index < -0.39 is 10.0 Å². The third-order valence-corrected chi connectivity index (χ3v) is 4.02. The van der Waals surface area contributed by atoms with E-state index >= 15 is 0 Å². The van der Waals surface area contributed by atoms with E-state index in [1.807, 2.05) is 26.0 Å². The van der Waals surface area contributed by atoms with Crippen molar-refractivity contribution in [3.63, 3.8) is 0 Å². The molecule has 4 nitrogen and oxygen atoms in total. The third-order valence-electron chi connectivity index (χ3n) is 2.57. The molecule has 1 heterocycles. The normalized spacial score (nSPS) is 12.2. The highest BCUT2D eigenvalue weighted by atomic mass is 32.2. The van der Waals surface area contributed by atoms with E-state index in [4.69, 9.17) is 0 Å². The number of aromatic nitrogens is 1. The molecule has 0 aliphatic carbocycles. The Morgan fingerprint density at radius 2 is 1.94 bits per heavy atom. The van der Waals surface area contributed by atoms with Crippen molar-refractivity contribution in [2.75, 3.05) is 6.54 Å². The molecule has 2 aromatic rings. The topological polar surface area (TPSA) is 59.1 Å². The van der Waals surface area contributed by atoms with Crippen LogP contribution in [0, 0.1) is 5.92 Å². The molecule has 0 saturated heterocycles. The van der Waals surface area contributed by atoms with Crippen molar-refractivity contribution >= 4 is 20.9 Å². The first kappa shape index (κ1) is 13.0. The van der Waals surface area contributed by atoms with Gasteiger partial charge >= 0.3 is 0 Å². The van der Waals surface area contributed by atoms with Crippen LogP contribution < -0.4 is 4.72 Å². The highest BCUT2D eigenvalue weighted by molar-refractivity contribution is 7.89. The molecule has 0 spiro atoms. The predicted molar refractivity (Wildman–Crippen MR) is 71.8 cm³/mol. The highest BCUT2D eigenvalue weighted by Gasteiger charge is 2.17. The van der Waals surface area contributed by atoms with Gasteiger partial charge in [-0.05, 0) is 18.1 Å². The van der Waals surface area contributed by atoms with Crippen LogP contribution in [0.1, 0.15) is 13.8 Å². The lowest BCUT2D eigenvalue weighted by Crippen LogP contribution is -2.27. The van der Waals surface area contributed by atoms with E-state index in [-0.39, 0.29) is 10.8 Å². The molecule has 0 atom stereocenters. The van der Waals surface area contributed by atoms with Gasteiger partial charge in [-0.25, -0.2) is 13.1 Å². The summed E-state index contributed by atoms with van der Waals surface area (Å²) < 4.78 is 27.0. The number of fused-ring (bicyclic) bond motifs is 1. The van der Waals surface area contributed by atoms with Crippen molar-refractivity contribution in [2.45, 2.75) is 18.7 Å². The van der Waals surface area contributed by atoms with E-state index in [1.165, 1.54) is 0 Å². The maximum Gasteiger partial charge on any atom is 0.242 e. The maximum atomic E-state index is 12.2. The molecule has 0 saturated carbocycles. The number of pyridine rings is 1. The third kappa shape index (κ3) is 2.68. The number of hydrogen-bond donors (Lipinski definition) is 1. The first-order chi connectivity index (χ1) is 8.50. The van der Waals surface area contributed by atoms with E-state index in [0.717, 1.165) is 5.39 Å². The first-order valence-corrected chi connectivity index (χ1v) is 7.32. The van der Waals surface area contributed by atoms with Gasteiger partial charge in [-0.15, -0.1) is 0 Å². The molecule has 1 aromatic heterocycles. The van der Waals surface area contributed by atoms with Gasteiger partial charge in [-0.2, -0.15) is 0 Å². The lowest BCUT2D eigenvalue weighted by Gasteiger charge is -2.10. The number of nitrogens with zero attached hydrogens (tertiary/aromatic N) is 1. The van der Waals surface area contributed by atoms with Gasteiger partial charge in [-0.3, -0.25) is 4.98 Å². The largest absolute Gasteiger partial charge is 0.255 e. The van der Waals surface area contributed by atoms with Crippen LogP contribution in [0.15, 0.2) is 41.4 Å². The zero-order chi connectivity index (χ0) is 13.2. The number of nitrogens with one attached hydrogen (secondary N) is 1. The Labute approximate surface area is 107 Å². The average Bonchev–Trinajstić information content (AvgIpc) is 2.36. The zero-order valence-corrected chi connectivity index (χ0v) is 11.2. The number of benzene rings is 1. The number of rotatable bonds is 4. The molecule has 1 aromatic carbocycles. The standard InChI is InChI=1S/C13H16N2O2S/c1-10(2)9-15-18(16,17)12-7-3-5-11-6-4-8-14-13(11)12/h3-8,10,15H,9H2,1-2H3. The van der Waals surface area contributed by atoms with E-state index in [9.17, 15) is 8.42 Å². The Morgan fingerprint density at radius 1 is 1.22 bits per heavy atom. The van der Waals surface area contributed by atoms with Gasteiger partial charge in [0.15, 0.2) is 0 Å². The summed E-state index contributed by atoms with van der Waals surface area (Å²) in [6.07, 6.45) is 1.60. The molecule has 0 aliphatic heterocycles. The minimum absolute atomic E-state index is 0.237. The summed E-state index contributed by atoms with van der Waals surface area (Å²) in [4.78, 5) is 4.39. The highest BCUT2D eigenvalue weighted by Crippen LogP contribution is 2.20. The van der Waals surface area contributed by atoms with Gasteiger partial charge in [0, 0.05) is 18.1 Å². The maximum absolute atomic E-state index is 12.2. The van der Waals surface area contributed by atoms with Crippen molar-refractivity contribution < 1.29 is 8.42 Å². The number of hydrogen-bond acceptors (Lipinski definition) is 3. The van der Waals surface area contributed by atoms with E-state index in [2.05, 4.69) is 9.71 Å². The van der Waals surface area contributed by atoms with Gasteiger partial charge in [-0.1, -0.05) is 32.0 Å². The second-order valence-corrected chi connectivity index (χ2v) is 6.31. The fraction of sp³-hybridized carbons (Fsp3) is 0.308. The predicted octanol–water partition coefficient (Wildman–Crippen LogP) is 2.17. The van der Waals surface area contributed by atoms with Crippen LogP contribution >= 0.6 is 0 Å². The molecule has 2 rings (SSSR count). The van der Waals surface area contributed by atoms with Crippen LogP contribution in [-0.4, -0.2) is 19.9 Å². The fourth-order valence-electron chi connectivity index (χ4n) is 1.65. The van der Waals surface area contributed by atoms with Crippen LogP contribution in [0.3, 0.4) is 0 Å². The molecule has 0 amide bonds. The zero-order valence-electron chi connectivity index (χ0n) is 10.4. The minimum atomic E-state index is -3.49. The van der Waals surface area contributed by atoms with Gasteiger partial charge in [0.1, 0.15) is 4.90 Å². The monoisotopic (exact) mass is 264 g/mol. The Kier molecular flexibility index (Phi) is 3.63. The fourth-order valence-corrected chi connectivity index (χ4v) is 3.04. The van der Waals surface area contributed by atoms with Gasteiger partial charge < -0.3 is 0 Å². The van der Waals surface area contributed by atoms with Crippen molar-refractivity contribution in [2.24, 2.45) is 5.92 Å². The van der Waals surface area contributed by atoms with Crippen LogP contribution in [0.2, 0.25) is 0 Å². The quantitative estimate of drug-likeness (QED) is 0.920. The molecule has 0 aliphatic rings. The molecule has 5 heteroatoms. The van der Waals surface area contributed by atoms with Crippen molar-refractivity contribution in [3.05, 3.63) is 36.5 Å². The Balaban J connectivity index is 2.47.